The highest BCUT2D eigenvalue weighted by Crippen LogP contribution is 2.22. The van der Waals surface area contributed by atoms with Crippen LogP contribution >= 0.6 is 12.4 Å². The van der Waals surface area contributed by atoms with Crippen molar-refractivity contribution in [1.82, 2.24) is 10.6 Å². The molecule has 2 amide bonds. The van der Waals surface area contributed by atoms with Gasteiger partial charge in [0.2, 0.25) is 11.8 Å². The Kier molecular flexibility index (Phi) is 10.2. The molecule has 0 aromatic heterocycles. The third-order valence-electron chi connectivity index (χ3n) is 3.74. The lowest BCUT2D eigenvalue weighted by Crippen LogP contribution is -2.48. The molecule has 0 bridgehead atoms. The maximum absolute atomic E-state index is 11.9. The molecule has 1 aromatic rings. The molecule has 1 aromatic carbocycles. The third-order valence-corrected chi connectivity index (χ3v) is 3.74. The lowest BCUT2D eigenvalue weighted by atomic mass is 10.1. The van der Waals surface area contributed by atoms with E-state index in [2.05, 4.69) is 10.6 Å². The van der Waals surface area contributed by atoms with Crippen LogP contribution in [-0.2, 0) is 9.59 Å². The predicted octanol–water partition coefficient (Wildman–Crippen LogP) is 1.71. The Morgan fingerprint density at radius 2 is 1.72 bits per heavy atom. The summed E-state index contributed by atoms with van der Waals surface area (Å²) in [4.78, 5) is 23.6. The van der Waals surface area contributed by atoms with Crippen molar-refractivity contribution in [3.8, 4) is 5.75 Å². The number of nitrogens with two attached hydrogens (primary N) is 1. The first-order valence-electron chi connectivity index (χ1n) is 8.24. The van der Waals surface area contributed by atoms with Crippen LogP contribution < -0.4 is 21.1 Å². The van der Waals surface area contributed by atoms with E-state index in [0.717, 1.165) is 16.9 Å². The van der Waals surface area contributed by atoms with E-state index < -0.39 is 6.04 Å². The highest BCUT2D eigenvalue weighted by molar-refractivity contribution is 5.87. The molecular formula is C18H30ClN3O3. The number of para-hydroxylation sites is 1. The topological polar surface area (TPSA) is 93.5 Å². The molecule has 1 unspecified atom stereocenters. The van der Waals surface area contributed by atoms with Gasteiger partial charge in [-0.05, 0) is 37.8 Å². The molecular weight excluding hydrogens is 342 g/mol. The molecule has 0 saturated carbocycles. The van der Waals surface area contributed by atoms with Crippen LogP contribution in [0.2, 0.25) is 0 Å². The van der Waals surface area contributed by atoms with E-state index in [4.69, 9.17) is 10.5 Å². The van der Waals surface area contributed by atoms with Gasteiger partial charge in [-0.1, -0.05) is 32.0 Å². The molecule has 142 valence electrons. The Balaban J connectivity index is 0.00000576. The van der Waals surface area contributed by atoms with Crippen LogP contribution in [0.3, 0.4) is 0 Å². The number of benzene rings is 1. The molecule has 7 heteroatoms. The molecule has 1 rings (SSSR count). The van der Waals surface area contributed by atoms with Gasteiger partial charge in [0.25, 0.3) is 0 Å². The molecule has 0 fully saturated rings. The first-order valence-corrected chi connectivity index (χ1v) is 8.24. The Morgan fingerprint density at radius 1 is 1.16 bits per heavy atom. The summed E-state index contributed by atoms with van der Waals surface area (Å²) in [6, 6.07) is 5.17. The summed E-state index contributed by atoms with van der Waals surface area (Å²) in [5, 5.41) is 5.34. The van der Waals surface area contributed by atoms with E-state index in [0.29, 0.717) is 6.61 Å². The molecule has 0 aliphatic rings. The monoisotopic (exact) mass is 371 g/mol. The van der Waals surface area contributed by atoms with Gasteiger partial charge < -0.3 is 21.1 Å². The highest BCUT2D eigenvalue weighted by atomic mass is 35.5. The minimum absolute atomic E-state index is 0. The average molecular weight is 372 g/mol. The van der Waals surface area contributed by atoms with Crippen molar-refractivity contribution < 1.29 is 14.3 Å². The minimum Gasteiger partial charge on any atom is -0.491 e. The normalized spacial score (nSPS) is 12.8. The maximum Gasteiger partial charge on any atom is 0.239 e. The van der Waals surface area contributed by atoms with Gasteiger partial charge in [0, 0.05) is 0 Å². The number of hydrogen-bond donors (Lipinski definition) is 3. The lowest BCUT2D eigenvalue weighted by Gasteiger charge is -2.18. The number of carbonyl (C=O) groups excluding carboxylic acids is 2. The number of halogens is 1. The molecule has 0 spiro atoms. The molecule has 0 saturated heterocycles. The number of rotatable bonds is 8. The van der Waals surface area contributed by atoms with Gasteiger partial charge in [-0.2, -0.15) is 0 Å². The number of ether oxygens (including phenoxy) is 1. The number of amides is 2. The van der Waals surface area contributed by atoms with E-state index >= 15 is 0 Å². The summed E-state index contributed by atoms with van der Waals surface area (Å²) in [5.74, 6) is 0.282. The van der Waals surface area contributed by atoms with Gasteiger partial charge in [-0.3, -0.25) is 9.59 Å². The van der Waals surface area contributed by atoms with Crippen molar-refractivity contribution in [2.24, 2.45) is 11.7 Å². The Bertz CT molecular complexity index is 558. The van der Waals surface area contributed by atoms with Gasteiger partial charge in [0.15, 0.2) is 0 Å². The number of aryl methyl sites for hydroxylation is 2. The van der Waals surface area contributed by atoms with Crippen LogP contribution in [0, 0.1) is 19.8 Å². The second-order valence-corrected chi connectivity index (χ2v) is 6.49. The van der Waals surface area contributed by atoms with Crippen LogP contribution in [0.25, 0.3) is 0 Å². The van der Waals surface area contributed by atoms with E-state index in [1.165, 1.54) is 0 Å². The van der Waals surface area contributed by atoms with Crippen molar-refractivity contribution in [3.63, 3.8) is 0 Å². The minimum atomic E-state index is -0.609. The molecule has 6 nitrogen and oxygen atoms in total. The zero-order valence-corrected chi connectivity index (χ0v) is 16.4. The fraction of sp³-hybridized carbons (Fsp3) is 0.556. The summed E-state index contributed by atoms with van der Waals surface area (Å²) >= 11 is 0. The molecule has 0 heterocycles. The van der Waals surface area contributed by atoms with E-state index in [9.17, 15) is 9.59 Å². The average Bonchev–Trinajstić information content (AvgIpc) is 2.51. The summed E-state index contributed by atoms with van der Waals surface area (Å²) in [5.41, 5.74) is 7.84. The predicted molar refractivity (Wildman–Crippen MR) is 102 cm³/mol. The van der Waals surface area contributed by atoms with Crippen molar-refractivity contribution in [1.29, 1.82) is 0 Å². The van der Waals surface area contributed by atoms with Gasteiger partial charge in [0.1, 0.15) is 12.4 Å². The second-order valence-electron chi connectivity index (χ2n) is 6.49. The standard InChI is InChI=1S/C18H29N3O3.ClH/c1-11(2)16(19)18(23)20-9-15(22)21-14(5)10-24-17-12(3)7-6-8-13(17)4;/h6-8,11,14,16H,9-10,19H2,1-5H3,(H,20,23)(H,21,22);1H/t14?,16-;/m0./s1. The first-order chi connectivity index (χ1) is 11.2. The smallest absolute Gasteiger partial charge is 0.239 e. The highest BCUT2D eigenvalue weighted by Gasteiger charge is 2.18. The van der Waals surface area contributed by atoms with E-state index in [1.54, 1.807) is 0 Å². The largest absolute Gasteiger partial charge is 0.491 e. The first kappa shape index (κ1) is 23.2. The zero-order chi connectivity index (χ0) is 18.3. The van der Waals surface area contributed by atoms with Crippen molar-refractivity contribution in [2.45, 2.75) is 46.7 Å². The van der Waals surface area contributed by atoms with Gasteiger partial charge in [-0.15, -0.1) is 12.4 Å². The van der Waals surface area contributed by atoms with E-state index in [1.807, 2.05) is 52.8 Å². The molecule has 0 aliphatic heterocycles. The second kappa shape index (κ2) is 10.9. The Hall–Kier alpha value is -1.79. The lowest BCUT2D eigenvalue weighted by molar-refractivity contribution is -0.127. The Morgan fingerprint density at radius 3 is 2.24 bits per heavy atom. The van der Waals surface area contributed by atoms with Crippen LogP contribution in [0.1, 0.15) is 31.9 Å². The quantitative estimate of drug-likeness (QED) is 0.648. The van der Waals surface area contributed by atoms with Gasteiger partial charge in [-0.25, -0.2) is 0 Å². The number of nitrogens with one attached hydrogen (secondary N) is 2. The SMILES string of the molecule is Cc1cccc(C)c1OCC(C)NC(=O)CNC(=O)[C@@H](N)C(C)C.Cl. The molecule has 0 aliphatic carbocycles. The fourth-order valence-corrected chi connectivity index (χ4v) is 2.19. The number of hydrogen-bond acceptors (Lipinski definition) is 4. The van der Waals surface area contributed by atoms with Crippen LogP contribution in [-0.4, -0.2) is 37.0 Å². The van der Waals surface area contributed by atoms with Crippen molar-refractivity contribution in [2.75, 3.05) is 13.2 Å². The van der Waals surface area contributed by atoms with Crippen molar-refractivity contribution >= 4 is 24.2 Å². The summed E-state index contributed by atoms with van der Waals surface area (Å²) in [6.45, 7) is 9.81. The molecule has 25 heavy (non-hydrogen) atoms. The van der Waals surface area contributed by atoms with Crippen molar-refractivity contribution in [3.05, 3.63) is 29.3 Å². The molecule has 0 radical (unpaired) electrons. The summed E-state index contributed by atoms with van der Waals surface area (Å²) < 4.78 is 5.80. The van der Waals surface area contributed by atoms with Crippen LogP contribution in [0.4, 0.5) is 0 Å². The summed E-state index contributed by atoms with van der Waals surface area (Å²) in [7, 11) is 0. The molecule has 2 atom stereocenters. The van der Waals surface area contributed by atoms with Crippen LogP contribution in [0.15, 0.2) is 18.2 Å². The van der Waals surface area contributed by atoms with Crippen LogP contribution in [0.5, 0.6) is 5.75 Å². The molecule has 4 N–H and O–H groups in total. The summed E-state index contributed by atoms with van der Waals surface area (Å²) in [6.07, 6.45) is 0. The van der Waals surface area contributed by atoms with Gasteiger partial charge >= 0.3 is 0 Å². The van der Waals surface area contributed by atoms with Gasteiger partial charge in [0.05, 0.1) is 18.6 Å². The Labute approximate surface area is 156 Å². The maximum atomic E-state index is 11.9. The zero-order valence-electron chi connectivity index (χ0n) is 15.6. The third kappa shape index (κ3) is 7.75. The van der Waals surface area contributed by atoms with E-state index in [-0.39, 0.29) is 42.7 Å². The number of carbonyl (C=O) groups is 2. The fourth-order valence-electron chi connectivity index (χ4n) is 2.19.